The van der Waals surface area contributed by atoms with Crippen molar-refractivity contribution >= 4 is 5.91 Å². The number of carbonyl (C=O) groups excluding carboxylic acids is 1. The van der Waals surface area contributed by atoms with E-state index in [1.807, 2.05) is 6.92 Å². The number of aliphatic hydroxyl groups excluding tert-OH is 1. The zero-order valence-corrected chi connectivity index (χ0v) is 10.7. The molecule has 1 rings (SSSR count). The van der Waals surface area contributed by atoms with E-state index in [0.29, 0.717) is 19.5 Å². The number of rotatable bonds is 7. The quantitative estimate of drug-likeness (QED) is 0.661. The summed E-state index contributed by atoms with van der Waals surface area (Å²) in [6.07, 6.45) is 2.82. The lowest BCUT2D eigenvalue weighted by Crippen LogP contribution is -2.38. The molecule has 0 saturated carbocycles. The summed E-state index contributed by atoms with van der Waals surface area (Å²) in [6.45, 7) is 5.47. The molecule has 0 aromatic rings. The van der Waals surface area contributed by atoms with Crippen LogP contribution < -0.4 is 5.32 Å². The molecule has 5 nitrogen and oxygen atoms in total. The number of carbonyl (C=O) groups is 1. The molecular formula is C12H24N2O3. The Bertz CT molecular complexity index is 218. The van der Waals surface area contributed by atoms with Crippen molar-refractivity contribution < 1.29 is 14.6 Å². The van der Waals surface area contributed by atoms with Gasteiger partial charge in [-0.3, -0.25) is 4.79 Å². The highest BCUT2D eigenvalue weighted by atomic mass is 16.5. The molecule has 1 aliphatic heterocycles. The second-order valence-electron chi connectivity index (χ2n) is 4.31. The highest BCUT2D eigenvalue weighted by molar-refractivity contribution is 5.77. The van der Waals surface area contributed by atoms with E-state index >= 15 is 0 Å². The molecule has 0 bridgehead atoms. The largest absolute Gasteiger partial charge is 0.396 e. The number of nitrogens with zero attached hydrogens (tertiary/aromatic N) is 1. The topological polar surface area (TPSA) is 61.8 Å². The maximum absolute atomic E-state index is 11.8. The van der Waals surface area contributed by atoms with Crippen molar-refractivity contribution in [2.45, 2.75) is 32.3 Å². The molecule has 1 amide bonds. The highest BCUT2D eigenvalue weighted by Gasteiger charge is 2.17. The van der Waals surface area contributed by atoms with Crippen LogP contribution in [0.25, 0.3) is 0 Å². The van der Waals surface area contributed by atoms with Crippen LogP contribution in [0.3, 0.4) is 0 Å². The molecule has 1 aliphatic rings. The molecule has 0 aliphatic carbocycles. The standard InChI is InChI=1S/C12H24N2O3/c1-2-14(8-3-9-15)12(16)10-17-11-4-6-13-7-5-11/h11,13,15H,2-10H2,1H3. The van der Waals surface area contributed by atoms with Crippen LogP contribution in [0.5, 0.6) is 0 Å². The molecule has 0 radical (unpaired) electrons. The summed E-state index contributed by atoms with van der Waals surface area (Å²) in [5, 5.41) is 12.0. The van der Waals surface area contributed by atoms with E-state index in [9.17, 15) is 4.79 Å². The van der Waals surface area contributed by atoms with Crippen LogP contribution in [-0.2, 0) is 9.53 Å². The zero-order chi connectivity index (χ0) is 12.5. The molecule has 1 fully saturated rings. The zero-order valence-electron chi connectivity index (χ0n) is 10.7. The van der Waals surface area contributed by atoms with Gasteiger partial charge in [0.2, 0.25) is 5.91 Å². The summed E-state index contributed by atoms with van der Waals surface area (Å²) >= 11 is 0. The molecular weight excluding hydrogens is 220 g/mol. The van der Waals surface area contributed by atoms with Crippen LogP contribution in [0.4, 0.5) is 0 Å². The van der Waals surface area contributed by atoms with E-state index in [0.717, 1.165) is 25.9 Å². The van der Waals surface area contributed by atoms with Gasteiger partial charge in [0.25, 0.3) is 0 Å². The number of hydrogen-bond acceptors (Lipinski definition) is 4. The first-order chi connectivity index (χ1) is 8.27. The maximum Gasteiger partial charge on any atom is 0.248 e. The first-order valence-corrected chi connectivity index (χ1v) is 6.49. The third-order valence-electron chi connectivity index (χ3n) is 3.05. The number of piperidine rings is 1. The van der Waals surface area contributed by atoms with Crippen LogP contribution in [-0.4, -0.2) is 61.4 Å². The molecule has 0 aromatic heterocycles. The third kappa shape index (κ3) is 5.48. The van der Waals surface area contributed by atoms with Crippen molar-refractivity contribution in [2.75, 3.05) is 39.4 Å². The number of aliphatic hydroxyl groups is 1. The summed E-state index contributed by atoms with van der Waals surface area (Å²) in [7, 11) is 0. The van der Waals surface area contributed by atoms with Crippen molar-refractivity contribution in [1.82, 2.24) is 10.2 Å². The third-order valence-corrected chi connectivity index (χ3v) is 3.05. The van der Waals surface area contributed by atoms with Gasteiger partial charge in [-0.25, -0.2) is 0 Å². The molecule has 17 heavy (non-hydrogen) atoms. The fourth-order valence-corrected chi connectivity index (χ4v) is 1.96. The molecule has 100 valence electrons. The fourth-order valence-electron chi connectivity index (χ4n) is 1.96. The normalized spacial score (nSPS) is 17.1. The Morgan fingerprint density at radius 3 is 2.76 bits per heavy atom. The van der Waals surface area contributed by atoms with Crippen LogP contribution >= 0.6 is 0 Å². The van der Waals surface area contributed by atoms with E-state index in [4.69, 9.17) is 9.84 Å². The Hall–Kier alpha value is -0.650. The minimum atomic E-state index is 0.0273. The van der Waals surface area contributed by atoms with Crippen molar-refractivity contribution in [3.63, 3.8) is 0 Å². The van der Waals surface area contributed by atoms with E-state index < -0.39 is 0 Å². The average Bonchev–Trinajstić information content (AvgIpc) is 2.38. The van der Waals surface area contributed by atoms with Gasteiger partial charge in [-0.1, -0.05) is 0 Å². The molecule has 1 saturated heterocycles. The van der Waals surface area contributed by atoms with Crippen molar-refractivity contribution in [1.29, 1.82) is 0 Å². The summed E-state index contributed by atoms with van der Waals surface area (Å²) in [5.74, 6) is 0.0273. The van der Waals surface area contributed by atoms with Gasteiger partial charge in [-0.15, -0.1) is 0 Å². The molecule has 0 unspecified atom stereocenters. The average molecular weight is 244 g/mol. The molecule has 1 heterocycles. The van der Waals surface area contributed by atoms with Crippen molar-refractivity contribution in [3.8, 4) is 0 Å². The predicted octanol–water partition coefficient (Wildman–Crippen LogP) is -0.0141. The Labute approximate surface area is 103 Å². The summed E-state index contributed by atoms with van der Waals surface area (Å²) < 4.78 is 5.61. The Balaban J connectivity index is 2.21. The lowest BCUT2D eigenvalue weighted by molar-refractivity contribution is -0.138. The Morgan fingerprint density at radius 2 is 2.18 bits per heavy atom. The second kappa shape index (κ2) is 8.44. The Morgan fingerprint density at radius 1 is 1.47 bits per heavy atom. The SMILES string of the molecule is CCN(CCCO)C(=O)COC1CCNCC1. The minimum Gasteiger partial charge on any atom is -0.396 e. The number of likely N-dealkylation sites (N-methyl/N-ethyl adjacent to an activating group) is 1. The van der Waals surface area contributed by atoms with Gasteiger partial charge >= 0.3 is 0 Å². The maximum atomic E-state index is 11.8. The lowest BCUT2D eigenvalue weighted by Gasteiger charge is -2.25. The molecule has 0 atom stereocenters. The summed E-state index contributed by atoms with van der Waals surface area (Å²) in [5.41, 5.74) is 0. The molecule has 0 aromatic carbocycles. The first-order valence-electron chi connectivity index (χ1n) is 6.49. The fraction of sp³-hybridized carbons (Fsp3) is 0.917. The Kier molecular flexibility index (Phi) is 7.16. The summed E-state index contributed by atoms with van der Waals surface area (Å²) in [6, 6.07) is 0. The van der Waals surface area contributed by atoms with Gasteiger partial charge < -0.3 is 20.1 Å². The van der Waals surface area contributed by atoms with Gasteiger partial charge in [-0.2, -0.15) is 0 Å². The van der Waals surface area contributed by atoms with E-state index in [-0.39, 0.29) is 25.2 Å². The number of nitrogens with one attached hydrogen (secondary N) is 1. The van der Waals surface area contributed by atoms with E-state index in [1.54, 1.807) is 4.90 Å². The summed E-state index contributed by atoms with van der Waals surface area (Å²) in [4.78, 5) is 13.6. The smallest absolute Gasteiger partial charge is 0.248 e. The van der Waals surface area contributed by atoms with E-state index in [1.165, 1.54) is 0 Å². The molecule has 0 spiro atoms. The van der Waals surface area contributed by atoms with Gasteiger partial charge in [0, 0.05) is 19.7 Å². The van der Waals surface area contributed by atoms with Gasteiger partial charge in [0.15, 0.2) is 0 Å². The lowest BCUT2D eigenvalue weighted by atomic mass is 10.1. The number of hydrogen-bond donors (Lipinski definition) is 2. The van der Waals surface area contributed by atoms with Crippen LogP contribution in [0.1, 0.15) is 26.2 Å². The molecule has 2 N–H and O–H groups in total. The van der Waals surface area contributed by atoms with Crippen LogP contribution in [0, 0.1) is 0 Å². The highest BCUT2D eigenvalue weighted by Crippen LogP contribution is 2.07. The first kappa shape index (κ1) is 14.4. The van der Waals surface area contributed by atoms with Crippen LogP contribution in [0.15, 0.2) is 0 Å². The monoisotopic (exact) mass is 244 g/mol. The van der Waals surface area contributed by atoms with E-state index in [2.05, 4.69) is 5.32 Å². The van der Waals surface area contributed by atoms with Crippen molar-refractivity contribution in [3.05, 3.63) is 0 Å². The van der Waals surface area contributed by atoms with Crippen molar-refractivity contribution in [2.24, 2.45) is 0 Å². The number of ether oxygens (including phenoxy) is 1. The minimum absolute atomic E-state index is 0.0273. The molecule has 5 heteroatoms. The van der Waals surface area contributed by atoms with Crippen LogP contribution in [0.2, 0.25) is 0 Å². The van der Waals surface area contributed by atoms with Gasteiger partial charge in [0.1, 0.15) is 6.61 Å². The van der Waals surface area contributed by atoms with Gasteiger partial charge in [-0.05, 0) is 39.3 Å². The second-order valence-corrected chi connectivity index (χ2v) is 4.31. The predicted molar refractivity (Wildman–Crippen MR) is 65.8 cm³/mol. The number of amides is 1. The van der Waals surface area contributed by atoms with Gasteiger partial charge in [0.05, 0.1) is 6.10 Å².